The summed E-state index contributed by atoms with van der Waals surface area (Å²) in [5, 5.41) is 8.69. The molecule has 5 nitrogen and oxygen atoms in total. The third-order valence-corrected chi connectivity index (χ3v) is 4.68. The van der Waals surface area contributed by atoms with Gasteiger partial charge in [-0.05, 0) is 24.0 Å². The first kappa shape index (κ1) is 20.5. The Morgan fingerprint density at radius 3 is 2.33 bits per heavy atom. The van der Waals surface area contributed by atoms with Gasteiger partial charge in [-0.2, -0.15) is 11.8 Å². The lowest BCUT2D eigenvalue weighted by Gasteiger charge is -2.27. The molecule has 0 radical (unpaired) electrons. The van der Waals surface area contributed by atoms with E-state index < -0.39 is 5.97 Å². The van der Waals surface area contributed by atoms with Gasteiger partial charge in [-0.1, -0.05) is 32.0 Å². The van der Waals surface area contributed by atoms with Crippen molar-refractivity contribution in [2.75, 3.05) is 36.7 Å². The number of aliphatic carboxylic acids is 1. The summed E-state index contributed by atoms with van der Waals surface area (Å²) >= 11 is 1.36. The summed E-state index contributed by atoms with van der Waals surface area (Å²) in [6.45, 7) is 5.13. The highest BCUT2D eigenvalue weighted by Crippen LogP contribution is 2.27. The van der Waals surface area contributed by atoms with E-state index in [2.05, 4.69) is 26.0 Å². The first-order chi connectivity index (χ1) is 11.5. The Morgan fingerprint density at radius 2 is 1.83 bits per heavy atom. The Kier molecular flexibility index (Phi) is 9.49. The van der Waals surface area contributed by atoms with Crippen LogP contribution in [0.5, 0.6) is 0 Å². The summed E-state index contributed by atoms with van der Waals surface area (Å²) < 4.78 is 5.17. The normalized spacial score (nSPS) is 10.6. The van der Waals surface area contributed by atoms with Gasteiger partial charge in [0.15, 0.2) is 0 Å². The second-order valence-corrected chi connectivity index (χ2v) is 6.47. The Balaban J connectivity index is 2.96. The molecule has 134 valence electrons. The Labute approximate surface area is 148 Å². The smallest absolute Gasteiger partial charge is 0.304 e. The van der Waals surface area contributed by atoms with Gasteiger partial charge in [0.05, 0.1) is 24.5 Å². The van der Waals surface area contributed by atoms with Crippen molar-refractivity contribution in [3.8, 4) is 0 Å². The number of rotatable bonds is 11. The van der Waals surface area contributed by atoms with Crippen molar-refractivity contribution in [1.29, 1.82) is 0 Å². The molecule has 0 aliphatic heterocycles. The van der Waals surface area contributed by atoms with E-state index in [1.54, 1.807) is 12.0 Å². The molecule has 0 saturated carbocycles. The van der Waals surface area contributed by atoms with Gasteiger partial charge in [0.1, 0.15) is 0 Å². The molecule has 0 spiro atoms. The Hall–Kier alpha value is -1.53. The van der Waals surface area contributed by atoms with Crippen LogP contribution in [0.1, 0.15) is 31.4 Å². The highest BCUT2D eigenvalue weighted by atomic mass is 32.2. The average molecular weight is 353 g/mol. The molecular weight excluding hydrogens is 326 g/mol. The molecule has 1 aromatic rings. The highest BCUT2D eigenvalue weighted by Gasteiger charge is 2.20. The van der Waals surface area contributed by atoms with Gasteiger partial charge < -0.3 is 14.7 Å². The number of nitrogens with zero attached hydrogens (tertiary/aromatic N) is 1. The number of hydrogen-bond acceptors (Lipinski definition) is 4. The predicted octanol–water partition coefficient (Wildman–Crippen LogP) is 3.00. The zero-order valence-corrected chi connectivity index (χ0v) is 15.5. The van der Waals surface area contributed by atoms with E-state index >= 15 is 0 Å². The number of carboxylic acids is 1. The van der Waals surface area contributed by atoms with Crippen molar-refractivity contribution in [2.45, 2.75) is 33.1 Å². The lowest BCUT2D eigenvalue weighted by Crippen LogP contribution is -2.36. The number of carbonyl (C=O) groups is 2. The molecule has 0 heterocycles. The Morgan fingerprint density at radius 1 is 1.21 bits per heavy atom. The summed E-state index contributed by atoms with van der Waals surface area (Å²) in [5.74, 6) is -0.123. The largest absolute Gasteiger partial charge is 0.481 e. The quantitative estimate of drug-likeness (QED) is 0.620. The number of carboxylic acid groups (broad SMARTS) is 1. The molecule has 0 aliphatic rings. The molecule has 1 N–H and O–H groups in total. The van der Waals surface area contributed by atoms with Gasteiger partial charge in [-0.3, -0.25) is 9.59 Å². The van der Waals surface area contributed by atoms with Gasteiger partial charge in [-0.15, -0.1) is 0 Å². The minimum Gasteiger partial charge on any atom is -0.481 e. The fourth-order valence-electron chi connectivity index (χ4n) is 2.50. The molecule has 0 fully saturated rings. The van der Waals surface area contributed by atoms with Crippen LogP contribution in [-0.4, -0.2) is 48.8 Å². The zero-order chi connectivity index (χ0) is 17.9. The number of benzene rings is 1. The van der Waals surface area contributed by atoms with E-state index in [1.807, 2.05) is 6.07 Å². The number of anilines is 1. The van der Waals surface area contributed by atoms with Gasteiger partial charge in [0.25, 0.3) is 0 Å². The maximum atomic E-state index is 12.7. The van der Waals surface area contributed by atoms with Crippen LogP contribution in [0, 0.1) is 0 Å². The number of ether oxygens (including phenoxy) is 1. The zero-order valence-electron chi connectivity index (χ0n) is 14.7. The summed E-state index contributed by atoms with van der Waals surface area (Å²) in [7, 11) is 1.62. The SMILES string of the molecule is CCc1cccc(CC)c1N(CCOC)C(=O)CSCCC(=O)O. The van der Waals surface area contributed by atoms with Crippen molar-refractivity contribution in [2.24, 2.45) is 0 Å². The summed E-state index contributed by atoms with van der Waals surface area (Å²) in [4.78, 5) is 25.1. The highest BCUT2D eigenvalue weighted by molar-refractivity contribution is 7.99. The van der Waals surface area contributed by atoms with E-state index in [0.29, 0.717) is 18.9 Å². The van der Waals surface area contributed by atoms with Crippen molar-refractivity contribution in [1.82, 2.24) is 0 Å². The molecule has 24 heavy (non-hydrogen) atoms. The summed E-state index contributed by atoms with van der Waals surface area (Å²) in [5.41, 5.74) is 3.28. The number of amides is 1. The molecule has 0 aliphatic carbocycles. The third kappa shape index (κ3) is 6.17. The van der Waals surface area contributed by atoms with Gasteiger partial charge >= 0.3 is 5.97 Å². The predicted molar refractivity (Wildman–Crippen MR) is 99.0 cm³/mol. The molecule has 6 heteroatoms. The van der Waals surface area contributed by atoms with E-state index in [4.69, 9.17) is 9.84 Å². The van der Waals surface area contributed by atoms with E-state index in [-0.39, 0.29) is 18.1 Å². The number of methoxy groups -OCH3 is 1. The number of carbonyl (C=O) groups excluding carboxylic acids is 1. The first-order valence-electron chi connectivity index (χ1n) is 8.24. The maximum absolute atomic E-state index is 12.7. The van der Waals surface area contributed by atoms with Crippen LogP contribution in [0.2, 0.25) is 0 Å². The summed E-state index contributed by atoms with van der Waals surface area (Å²) in [6, 6.07) is 6.14. The number of para-hydroxylation sites is 1. The van der Waals surface area contributed by atoms with Crippen molar-refractivity contribution >= 4 is 29.3 Å². The standard InChI is InChI=1S/C18H27NO4S/c1-4-14-7-6-8-15(5-2)18(14)19(10-11-23-3)16(20)13-24-12-9-17(21)22/h6-8H,4-5,9-13H2,1-3H3,(H,21,22). The second-order valence-electron chi connectivity index (χ2n) is 5.37. The molecule has 0 aromatic heterocycles. The molecule has 0 bridgehead atoms. The van der Waals surface area contributed by atoms with Gasteiger partial charge in [-0.25, -0.2) is 0 Å². The number of hydrogen-bond donors (Lipinski definition) is 1. The second kappa shape index (κ2) is 11.1. The van der Waals surface area contributed by atoms with Crippen LogP contribution >= 0.6 is 11.8 Å². The van der Waals surface area contributed by atoms with Crippen LogP contribution in [0.15, 0.2) is 18.2 Å². The summed E-state index contributed by atoms with van der Waals surface area (Å²) in [6.07, 6.45) is 1.78. The van der Waals surface area contributed by atoms with Crippen LogP contribution in [0.3, 0.4) is 0 Å². The lowest BCUT2D eigenvalue weighted by atomic mass is 10.0. The molecular formula is C18H27NO4S. The third-order valence-electron chi connectivity index (χ3n) is 3.74. The fraction of sp³-hybridized carbons (Fsp3) is 0.556. The minimum absolute atomic E-state index is 0.00182. The van der Waals surface area contributed by atoms with E-state index in [0.717, 1.165) is 29.7 Å². The van der Waals surface area contributed by atoms with Crippen LogP contribution in [0.25, 0.3) is 0 Å². The fourth-order valence-corrected chi connectivity index (χ4v) is 3.30. The van der Waals surface area contributed by atoms with Crippen molar-refractivity contribution in [3.63, 3.8) is 0 Å². The molecule has 1 aromatic carbocycles. The van der Waals surface area contributed by atoms with Crippen LogP contribution in [-0.2, 0) is 27.2 Å². The molecule has 0 atom stereocenters. The molecule has 0 saturated heterocycles. The Bertz CT molecular complexity index is 526. The lowest BCUT2D eigenvalue weighted by molar-refractivity contribution is -0.136. The number of aryl methyl sites for hydroxylation is 2. The average Bonchev–Trinajstić information content (AvgIpc) is 2.58. The van der Waals surface area contributed by atoms with Crippen molar-refractivity contribution in [3.05, 3.63) is 29.3 Å². The van der Waals surface area contributed by atoms with Crippen LogP contribution in [0.4, 0.5) is 5.69 Å². The number of thioether (sulfide) groups is 1. The van der Waals surface area contributed by atoms with Gasteiger partial charge in [0.2, 0.25) is 5.91 Å². The van der Waals surface area contributed by atoms with E-state index in [1.165, 1.54) is 11.8 Å². The minimum atomic E-state index is -0.837. The van der Waals surface area contributed by atoms with Gasteiger partial charge in [0, 0.05) is 19.4 Å². The monoisotopic (exact) mass is 353 g/mol. The molecule has 0 unspecified atom stereocenters. The first-order valence-corrected chi connectivity index (χ1v) is 9.40. The van der Waals surface area contributed by atoms with E-state index in [9.17, 15) is 9.59 Å². The molecule has 1 rings (SSSR count). The van der Waals surface area contributed by atoms with Crippen molar-refractivity contribution < 1.29 is 19.4 Å². The topological polar surface area (TPSA) is 66.8 Å². The maximum Gasteiger partial charge on any atom is 0.304 e. The molecule has 1 amide bonds. The van der Waals surface area contributed by atoms with Crippen LogP contribution < -0.4 is 4.90 Å².